The van der Waals surface area contributed by atoms with E-state index in [1.807, 2.05) is 36.4 Å². The van der Waals surface area contributed by atoms with Crippen molar-refractivity contribution in [3.63, 3.8) is 0 Å². The van der Waals surface area contributed by atoms with Gasteiger partial charge in [-0.25, -0.2) is 0 Å². The van der Waals surface area contributed by atoms with Crippen LogP contribution in [-0.4, -0.2) is 5.71 Å². The van der Waals surface area contributed by atoms with Crippen LogP contribution in [0.3, 0.4) is 0 Å². The maximum atomic E-state index is 8.27. The minimum Gasteiger partial charge on any atom is -0.398 e. The maximum Gasteiger partial charge on any atom is 0.0705 e. The van der Waals surface area contributed by atoms with Gasteiger partial charge in [0.1, 0.15) is 0 Å². The van der Waals surface area contributed by atoms with Gasteiger partial charge < -0.3 is 5.73 Å². The number of nitrogen functional groups attached to an aromatic ring is 1. The van der Waals surface area contributed by atoms with Crippen molar-refractivity contribution in [2.45, 2.75) is 0 Å². The first kappa shape index (κ1) is 12.8. The fourth-order valence-electron chi connectivity index (χ4n) is 1.97. The van der Waals surface area contributed by atoms with Crippen molar-refractivity contribution in [3.05, 3.63) is 77.9 Å². The summed E-state index contributed by atoms with van der Waals surface area (Å²) in [5.41, 5.74) is 10.5. The molecule has 2 heteroatoms. The first-order valence-electron chi connectivity index (χ1n) is 6.00. The van der Waals surface area contributed by atoms with E-state index in [0.717, 1.165) is 22.3 Å². The predicted octanol–water partition coefficient (Wildman–Crippen LogP) is 3.97. The summed E-state index contributed by atoms with van der Waals surface area (Å²) in [6.45, 7) is 7.55. The lowest BCUT2D eigenvalue weighted by Crippen LogP contribution is -2.05. The minimum atomic E-state index is 0.414. The highest BCUT2D eigenvalue weighted by Gasteiger charge is 2.09. The van der Waals surface area contributed by atoms with Gasteiger partial charge in [0.15, 0.2) is 0 Å². The van der Waals surface area contributed by atoms with Crippen LogP contribution in [0.1, 0.15) is 22.3 Å². The SMILES string of the molecule is C=Cc1ccc(C(=N)c2ccccc2N)cc1C=C. The molecule has 0 radical (unpaired) electrons. The fourth-order valence-corrected chi connectivity index (χ4v) is 1.97. The molecule has 0 bridgehead atoms. The van der Waals surface area contributed by atoms with Crippen molar-refractivity contribution in [2.75, 3.05) is 5.73 Å². The Hall–Kier alpha value is -2.61. The third kappa shape index (κ3) is 2.47. The van der Waals surface area contributed by atoms with Crippen molar-refractivity contribution in [1.29, 1.82) is 5.41 Å². The van der Waals surface area contributed by atoms with Crippen molar-refractivity contribution in [1.82, 2.24) is 0 Å². The van der Waals surface area contributed by atoms with Crippen molar-refractivity contribution in [3.8, 4) is 0 Å². The lowest BCUT2D eigenvalue weighted by molar-refractivity contribution is 1.45. The zero-order valence-corrected chi connectivity index (χ0v) is 10.7. The van der Waals surface area contributed by atoms with Crippen LogP contribution < -0.4 is 5.73 Å². The van der Waals surface area contributed by atoms with Gasteiger partial charge in [-0.2, -0.15) is 0 Å². The van der Waals surface area contributed by atoms with E-state index >= 15 is 0 Å². The summed E-state index contributed by atoms with van der Waals surface area (Å²) in [5.74, 6) is 0. The van der Waals surface area contributed by atoms with E-state index in [4.69, 9.17) is 11.1 Å². The molecule has 0 atom stereocenters. The molecule has 2 nitrogen and oxygen atoms in total. The monoisotopic (exact) mass is 248 g/mol. The lowest BCUT2D eigenvalue weighted by atomic mass is 9.96. The summed E-state index contributed by atoms with van der Waals surface area (Å²) in [4.78, 5) is 0. The van der Waals surface area contributed by atoms with Gasteiger partial charge >= 0.3 is 0 Å². The summed E-state index contributed by atoms with van der Waals surface area (Å²) >= 11 is 0. The molecule has 0 saturated carbocycles. The van der Waals surface area contributed by atoms with E-state index in [0.29, 0.717) is 11.4 Å². The topological polar surface area (TPSA) is 49.9 Å². The van der Waals surface area contributed by atoms with Gasteiger partial charge in [-0.05, 0) is 23.3 Å². The summed E-state index contributed by atoms with van der Waals surface area (Å²) in [6.07, 6.45) is 3.55. The van der Waals surface area contributed by atoms with Gasteiger partial charge in [0, 0.05) is 16.8 Å². The van der Waals surface area contributed by atoms with Crippen LogP contribution in [0, 0.1) is 5.41 Å². The second-order valence-corrected chi connectivity index (χ2v) is 4.21. The quantitative estimate of drug-likeness (QED) is 0.624. The largest absolute Gasteiger partial charge is 0.398 e. The Kier molecular flexibility index (Phi) is 3.62. The molecule has 0 saturated heterocycles. The first-order chi connectivity index (χ1) is 9.17. The average molecular weight is 248 g/mol. The molecule has 0 aromatic heterocycles. The number of anilines is 1. The normalized spacial score (nSPS) is 9.89. The summed E-state index contributed by atoms with van der Waals surface area (Å²) in [5, 5.41) is 8.27. The van der Waals surface area contributed by atoms with Crippen LogP contribution in [0.25, 0.3) is 12.2 Å². The summed E-state index contributed by atoms with van der Waals surface area (Å²) in [6, 6.07) is 13.2. The molecule has 3 N–H and O–H groups in total. The van der Waals surface area contributed by atoms with E-state index in [1.54, 1.807) is 18.2 Å². The molecule has 19 heavy (non-hydrogen) atoms. The molecule has 94 valence electrons. The third-order valence-electron chi connectivity index (χ3n) is 3.05. The Bertz CT molecular complexity index is 654. The van der Waals surface area contributed by atoms with E-state index in [9.17, 15) is 0 Å². The van der Waals surface area contributed by atoms with Gasteiger partial charge in [-0.1, -0.05) is 55.6 Å². The molecule has 0 heterocycles. The zero-order valence-electron chi connectivity index (χ0n) is 10.7. The van der Waals surface area contributed by atoms with Crippen molar-refractivity contribution < 1.29 is 0 Å². The Morgan fingerprint density at radius 2 is 1.68 bits per heavy atom. The molecule has 0 amide bonds. The average Bonchev–Trinajstić information content (AvgIpc) is 2.46. The second kappa shape index (κ2) is 5.36. The summed E-state index contributed by atoms with van der Waals surface area (Å²) < 4.78 is 0. The van der Waals surface area contributed by atoms with Crippen LogP contribution >= 0.6 is 0 Å². The molecule has 0 unspecified atom stereocenters. The molecular weight excluding hydrogens is 232 g/mol. The van der Waals surface area contributed by atoms with Crippen LogP contribution in [0.4, 0.5) is 5.69 Å². The number of rotatable bonds is 4. The minimum absolute atomic E-state index is 0.414. The van der Waals surface area contributed by atoms with E-state index in [1.165, 1.54) is 0 Å². The number of para-hydroxylation sites is 1. The zero-order chi connectivity index (χ0) is 13.8. The van der Waals surface area contributed by atoms with E-state index < -0.39 is 0 Å². The molecule has 0 aliphatic carbocycles. The Morgan fingerprint density at radius 3 is 2.32 bits per heavy atom. The lowest BCUT2D eigenvalue weighted by Gasteiger charge is -2.09. The van der Waals surface area contributed by atoms with Gasteiger partial charge in [-0.3, -0.25) is 5.41 Å². The van der Waals surface area contributed by atoms with Crippen LogP contribution in [0.2, 0.25) is 0 Å². The maximum absolute atomic E-state index is 8.27. The molecule has 0 fully saturated rings. The highest BCUT2D eigenvalue weighted by Crippen LogP contribution is 2.20. The molecule has 2 aromatic rings. The number of benzene rings is 2. The van der Waals surface area contributed by atoms with Gasteiger partial charge in [0.25, 0.3) is 0 Å². The smallest absolute Gasteiger partial charge is 0.0705 e. The van der Waals surface area contributed by atoms with E-state index in [2.05, 4.69) is 13.2 Å². The third-order valence-corrected chi connectivity index (χ3v) is 3.05. The van der Waals surface area contributed by atoms with Gasteiger partial charge in [-0.15, -0.1) is 0 Å². The molecule has 0 spiro atoms. The molecule has 2 aromatic carbocycles. The molecule has 0 aliphatic heterocycles. The standard InChI is InChI=1S/C17H16N2/c1-3-12-9-10-14(11-13(12)4-2)17(19)15-7-5-6-8-16(15)18/h3-11,19H,1-2,18H2. The first-order valence-corrected chi connectivity index (χ1v) is 6.00. The Morgan fingerprint density at radius 1 is 1.00 bits per heavy atom. The van der Waals surface area contributed by atoms with Crippen LogP contribution in [0.15, 0.2) is 55.6 Å². The van der Waals surface area contributed by atoms with Gasteiger partial charge in [0.05, 0.1) is 5.71 Å². The highest BCUT2D eigenvalue weighted by atomic mass is 14.6. The number of nitrogens with two attached hydrogens (primary N) is 1. The van der Waals surface area contributed by atoms with Crippen LogP contribution in [0.5, 0.6) is 0 Å². The molecular formula is C17H16N2. The highest BCUT2D eigenvalue weighted by molar-refractivity contribution is 6.14. The predicted molar refractivity (Wildman–Crippen MR) is 83.4 cm³/mol. The molecule has 0 aliphatic rings. The molecule has 2 rings (SSSR count). The fraction of sp³-hybridized carbons (Fsp3) is 0. The number of nitrogens with one attached hydrogen (secondary N) is 1. The Balaban J connectivity index is 2.48. The van der Waals surface area contributed by atoms with Crippen LogP contribution in [-0.2, 0) is 0 Å². The second-order valence-electron chi connectivity index (χ2n) is 4.21. The van der Waals surface area contributed by atoms with Gasteiger partial charge in [0.2, 0.25) is 0 Å². The number of hydrogen-bond donors (Lipinski definition) is 2. The summed E-state index contributed by atoms with van der Waals surface area (Å²) in [7, 11) is 0. The Labute approximate surface area is 113 Å². The van der Waals surface area contributed by atoms with Crippen molar-refractivity contribution in [2.24, 2.45) is 0 Å². The number of hydrogen-bond acceptors (Lipinski definition) is 2. The van der Waals surface area contributed by atoms with Crippen molar-refractivity contribution >= 4 is 23.6 Å². The van der Waals surface area contributed by atoms with E-state index in [-0.39, 0.29) is 0 Å².